The number of nitrogens with zero attached hydrogens (tertiary/aromatic N) is 1. The summed E-state index contributed by atoms with van der Waals surface area (Å²) in [5.41, 5.74) is -0.406. The number of alkyl halides is 3. The van der Waals surface area contributed by atoms with Crippen molar-refractivity contribution in [1.82, 2.24) is 4.98 Å². The molecule has 0 unspecified atom stereocenters. The normalized spacial score (nSPS) is 12.7. The summed E-state index contributed by atoms with van der Waals surface area (Å²) in [5.74, 6) is -0.877. The van der Waals surface area contributed by atoms with Gasteiger partial charge < -0.3 is 14.8 Å². The van der Waals surface area contributed by atoms with Gasteiger partial charge in [0.05, 0.1) is 11.1 Å². The fourth-order valence-corrected chi connectivity index (χ4v) is 3.38. The number of fused-ring (bicyclic) bond motifs is 1. The third-order valence-electron chi connectivity index (χ3n) is 4.32. The van der Waals surface area contributed by atoms with Crippen LogP contribution in [-0.2, 0) is 6.18 Å². The minimum atomic E-state index is -4.69. The van der Waals surface area contributed by atoms with Gasteiger partial charge in [0.25, 0.3) is 5.91 Å². The van der Waals surface area contributed by atoms with E-state index in [0.29, 0.717) is 35.3 Å². The first-order valence-corrected chi connectivity index (χ1v) is 9.25. The fraction of sp³-hybridized carbons (Fsp3) is 0.100. The van der Waals surface area contributed by atoms with Crippen LogP contribution in [0.1, 0.15) is 15.9 Å². The van der Waals surface area contributed by atoms with E-state index in [1.807, 2.05) is 0 Å². The van der Waals surface area contributed by atoms with Crippen LogP contribution in [0.5, 0.6) is 11.5 Å². The fourth-order valence-electron chi connectivity index (χ4n) is 2.82. The lowest BCUT2D eigenvalue weighted by atomic mass is 10.1. The lowest BCUT2D eigenvalue weighted by molar-refractivity contribution is -0.137. The quantitative estimate of drug-likeness (QED) is 0.490. The molecule has 0 aliphatic carbocycles. The molecule has 2 heterocycles. The topological polar surface area (TPSA) is 60.5 Å². The Hall–Kier alpha value is -3.14. The van der Waals surface area contributed by atoms with Crippen LogP contribution in [0.2, 0.25) is 0 Å². The van der Waals surface area contributed by atoms with E-state index in [9.17, 15) is 22.4 Å². The minimum Gasteiger partial charge on any atom is -0.454 e. The highest BCUT2D eigenvalue weighted by atomic mass is 79.9. The van der Waals surface area contributed by atoms with Crippen LogP contribution in [-0.4, -0.2) is 17.7 Å². The van der Waals surface area contributed by atoms with Gasteiger partial charge in [-0.1, -0.05) is 15.9 Å². The second-order valence-electron chi connectivity index (χ2n) is 6.26. The Morgan fingerprint density at radius 1 is 1.07 bits per heavy atom. The largest absolute Gasteiger partial charge is 0.454 e. The number of nitrogens with one attached hydrogen (secondary N) is 1. The van der Waals surface area contributed by atoms with Gasteiger partial charge in [0.15, 0.2) is 11.5 Å². The van der Waals surface area contributed by atoms with Crippen LogP contribution in [0, 0.1) is 5.82 Å². The number of rotatable bonds is 3. The molecule has 0 fully saturated rings. The molecule has 0 atom stereocenters. The molecule has 0 radical (unpaired) electrons. The standard InChI is InChI=1S/C20H11BrF4N2O3/c21-14-7-17-16(29-9-30-17)6-12(14)10-1-4-18(26-8-10)27-19(28)13-5-11(20(23,24)25)2-3-15(13)22/h1-8H,9H2,(H,26,27,28). The highest BCUT2D eigenvalue weighted by molar-refractivity contribution is 9.10. The van der Waals surface area contributed by atoms with E-state index in [-0.39, 0.29) is 12.6 Å². The number of pyridine rings is 1. The molecule has 0 saturated heterocycles. The Labute approximate surface area is 175 Å². The van der Waals surface area contributed by atoms with Crippen molar-refractivity contribution < 1.29 is 31.8 Å². The number of halogens is 5. The summed E-state index contributed by atoms with van der Waals surface area (Å²) in [4.78, 5) is 16.3. The highest BCUT2D eigenvalue weighted by Gasteiger charge is 2.32. The van der Waals surface area contributed by atoms with Crippen molar-refractivity contribution in [3.05, 3.63) is 70.1 Å². The van der Waals surface area contributed by atoms with E-state index in [1.165, 1.54) is 12.3 Å². The lowest BCUT2D eigenvalue weighted by Crippen LogP contribution is -2.16. The number of ether oxygens (including phenoxy) is 2. The summed E-state index contributed by atoms with van der Waals surface area (Å²) in [6.07, 6.45) is -3.24. The van der Waals surface area contributed by atoms with Crippen molar-refractivity contribution >= 4 is 27.7 Å². The van der Waals surface area contributed by atoms with Crippen molar-refractivity contribution in [3.8, 4) is 22.6 Å². The van der Waals surface area contributed by atoms with E-state index in [4.69, 9.17) is 9.47 Å². The minimum absolute atomic E-state index is 0.0532. The van der Waals surface area contributed by atoms with Gasteiger partial charge in [0.2, 0.25) is 6.79 Å². The van der Waals surface area contributed by atoms with Crippen LogP contribution in [0.4, 0.5) is 23.4 Å². The zero-order valence-corrected chi connectivity index (χ0v) is 16.5. The van der Waals surface area contributed by atoms with Gasteiger partial charge in [-0.2, -0.15) is 13.2 Å². The predicted molar refractivity (Wildman–Crippen MR) is 103 cm³/mol. The summed E-state index contributed by atoms with van der Waals surface area (Å²) in [6.45, 7) is 0.126. The molecule has 1 aromatic heterocycles. The molecule has 1 aliphatic rings. The summed E-state index contributed by atoms with van der Waals surface area (Å²) >= 11 is 3.44. The number of benzene rings is 2. The number of aromatic nitrogens is 1. The average Bonchev–Trinajstić information content (AvgIpc) is 3.14. The Balaban J connectivity index is 1.55. The van der Waals surface area contributed by atoms with Gasteiger partial charge in [-0.3, -0.25) is 4.79 Å². The second kappa shape index (κ2) is 7.60. The molecule has 30 heavy (non-hydrogen) atoms. The van der Waals surface area contributed by atoms with Crippen molar-refractivity contribution in [3.63, 3.8) is 0 Å². The molecule has 154 valence electrons. The maximum atomic E-state index is 13.9. The Kier molecular flexibility index (Phi) is 5.10. The van der Waals surface area contributed by atoms with Gasteiger partial charge >= 0.3 is 6.18 Å². The van der Waals surface area contributed by atoms with Crippen molar-refractivity contribution in [2.75, 3.05) is 12.1 Å². The van der Waals surface area contributed by atoms with Crippen LogP contribution >= 0.6 is 15.9 Å². The van der Waals surface area contributed by atoms with Crippen LogP contribution < -0.4 is 14.8 Å². The average molecular weight is 483 g/mol. The monoisotopic (exact) mass is 482 g/mol. The maximum Gasteiger partial charge on any atom is 0.416 e. The second-order valence-corrected chi connectivity index (χ2v) is 7.12. The smallest absolute Gasteiger partial charge is 0.416 e. The maximum absolute atomic E-state index is 13.9. The van der Waals surface area contributed by atoms with Crippen molar-refractivity contribution in [1.29, 1.82) is 0 Å². The molecular formula is C20H11BrF4N2O3. The Morgan fingerprint density at radius 2 is 1.80 bits per heavy atom. The van der Waals surface area contributed by atoms with E-state index in [2.05, 4.69) is 26.2 Å². The van der Waals surface area contributed by atoms with Crippen LogP contribution in [0.15, 0.2) is 53.1 Å². The third kappa shape index (κ3) is 3.95. The van der Waals surface area contributed by atoms with E-state index >= 15 is 0 Å². The van der Waals surface area contributed by atoms with Gasteiger partial charge in [-0.05, 0) is 42.5 Å². The molecule has 4 rings (SSSR count). The van der Waals surface area contributed by atoms with Gasteiger partial charge in [-0.15, -0.1) is 0 Å². The van der Waals surface area contributed by atoms with E-state index in [1.54, 1.807) is 18.2 Å². The molecular weight excluding hydrogens is 472 g/mol. The molecule has 0 bridgehead atoms. The summed E-state index contributed by atoms with van der Waals surface area (Å²) in [7, 11) is 0. The number of hydrogen-bond donors (Lipinski definition) is 1. The Bertz CT molecular complexity index is 1130. The van der Waals surface area contributed by atoms with Gasteiger partial charge in [0.1, 0.15) is 11.6 Å². The molecule has 1 amide bonds. The van der Waals surface area contributed by atoms with E-state index < -0.39 is 29.0 Å². The first kappa shape index (κ1) is 20.1. The van der Waals surface area contributed by atoms with Crippen molar-refractivity contribution in [2.24, 2.45) is 0 Å². The molecule has 1 N–H and O–H groups in total. The zero-order valence-electron chi connectivity index (χ0n) is 14.9. The Morgan fingerprint density at radius 3 is 2.47 bits per heavy atom. The molecule has 2 aromatic carbocycles. The number of anilines is 1. The van der Waals surface area contributed by atoms with Crippen LogP contribution in [0.3, 0.4) is 0 Å². The molecule has 10 heteroatoms. The first-order chi connectivity index (χ1) is 14.2. The number of carbonyl (C=O) groups excluding carboxylic acids is 1. The predicted octanol–water partition coefficient (Wildman–Crippen LogP) is 5.65. The van der Waals surface area contributed by atoms with Gasteiger partial charge in [0, 0.05) is 21.8 Å². The number of hydrogen-bond acceptors (Lipinski definition) is 4. The molecule has 1 aliphatic heterocycles. The van der Waals surface area contributed by atoms with Gasteiger partial charge in [-0.25, -0.2) is 9.37 Å². The van der Waals surface area contributed by atoms with E-state index in [0.717, 1.165) is 10.0 Å². The molecule has 0 spiro atoms. The summed E-state index contributed by atoms with van der Waals surface area (Å²) in [6, 6.07) is 8.25. The molecule has 3 aromatic rings. The molecule has 0 saturated carbocycles. The SMILES string of the molecule is O=C(Nc1ccc(-c2cc3c(cc2Br)OCO3)cn1)c1cc(C(F)(F)F)ccc1F. The third-order valence-corrected chi connectivity index (χ3v) is 4.97. The zero-order chi connectivity index (χ0) is 21.5. The van der Waals surface area contributed by atoms with Crippen molar-refractivity contribution in [2.45, 2.75) is 6.18 Å². The summed E-state index contributed by atoms with van der Waals surface area (Å²) in [5, 5.41) is 2.30. The first-order valence-electron chi connectivity index (χ1n) is 8.46. The highest BCUT2D eigenvalue weighted by Crippen LogP contribution is 2.41. The number of carbonyl (C=O) groups is 1. The van der Waals surface area contributed by atoms with Crippen LogP contribution in [0.25, 0.3) is 11.1 Å². The summed E-state index contributed by atoms with van der Waals surface area (Å²) < 4.78 is 63.7. The molecule has 5 nitrogen and oxygen atoms in total. The number of amides is 1. The lowest BCUT2D eigenvalue weighted by Gasteiger charge is -2.11.